The molecule has 0 saturated carbocycles. The van der Waals surface area contributed by atoms with Crippen molar-refractivity contribution in [3.05, 3.63) is 0 Å². The molecule has 0 aliphatic rings. The van der Waals surface area contributed by atoms with Crippen molar-refractivity contribution in [3.8, 4) is 0 Å². The van der Waals surface area contributed by atoms with Crippen molar-refractivity contribution in [2.24, 2.45) is 5.92 Å². The third-order valence-electron chi connectivity index (χ3n) is 2.15. The van der Waals surface area contributed by atoms with Crippen LogP contribution in [0.15, 0.2) is 0 Å². The van der Waals surface area contributed by atoms with Gasteiger partial charge in [0.2, 0.25) is 11.8 Å². The van der Waals surface area contributed by atoms with Crippen LogP contribution in [-0.4, -0.2) is 42.2 Å². The summed E-state index contributed by atoms with van der Waals surface area (Å²) in [5.74, 6) is 0.221. The van der Waals surface area contributed by atoms with Gasteiger partial charge in [-0.1, -0.05) is 29.8 Å². The molecule has 0 aromatic heterocycles. The lowest BCUT2D eigenvalue weighted by molar-refractivity contribution is -0.130. The number of hydrogen-bond donors (Lipinski definition) is 1. The third-order valence-corrected chi connectivity index (χ3v) is 3.60. The molecule has 88 valence electrons. The summed E-state index contributed by atoms with van der Waals surface area (Å²) < 4.78 is 0. The maximum atomic E-state index is 11.7. The summed E-state index contributed by atoms with van der Waals surface area (Å²) in [6.45, 7) is 4.40. The molecule has 2 amide bonds. The molecule has 1 N–H and O–H groups in total. The number of rotatable bonds is 5. The Kier molecular flexibility index (Phi) is 6.56. The smallest absolute Gasteiger partial charge is 0.236 e. The first kappa shape index (κ1) is 14.4. The fraction of sp³-hybridized carbons (Fsp3) is 0.800. The van der Waals surface area contributed by atoms with Crippen molar-refractivity contribution in [1.82, 2.24) is 10.2 Å². The van der Waals surface area contributed by atoms with Gasteiger partial charge in [-0.15, -0.1) is 0 Å². The van der Waals surface area contributed by atoms with Gasteiger partial charge in [0.05, 0.1) is 4.83 Å². The summed E-state index contributed by atoms with van der Waals surface area (Å²) in [6, 6.07) is 0. The van der Waals surface area contributed by atoms with Crippen LogP contribution in [0.1, 0.15) is 20.3 Å². The molecule has 4 nitrogen and oxygen atoms in total. The zero-order chi connectivity index (χ0) is 12.0. The van der Waals surface area contributed by atoms with Gasteiger partial charge in [-0.3, -0.25) is 9.59 Å². The lowest BCUT2D eigenvalue weighted by Crippen LogP contribution is -2.37. The van der Waals surface area contributed by atoms with Crippen LogP contribution in [0, 0.1) is 5.92 Å². The third kappa shape index (κ3) is 5.16. The molecule has 0 rings (SSSR count). The molecule has 0 aromatic rings. The van der Waals surface area contributed by atoms with Gasteiger partial charge in [0.25, 0.3) is 0 Å². The Morgan fingerprint density at radius 2 is 1.93 bits per heavy atom. The van der Waals surface area contributed by atoms with E-state index in [-0.39, 0.29) is 22.6 Å². The lowest BCUT2D eigenvalue weighted by Gasteiger charge is -2.22. The van der Waals surface area contributed by atoms with Crippen LogP contribution >= 0.6 is 15.9 Å². The average Bonchev–Trinajstić information content (AvgIpc) is 2.22. The summed E-state index contributed by atoms with van der Waals surface area (Å²) in [7, 11) is 3.30. The van der Waals surface area contributed by atoms with Crippen LogP contribution in [-0.2, 0) is 9.59 Å². The second-order valence-electron chi connectivity index (χ2n) is 3.83. The molecule has 1 unspecified atom stereocenters. The van der Waals surface area contributed by atoms with Gasteiger partial charge >= 0.3 is 0 Å². The second kappa shape index (κ2) is 6.82. The molecule has 0 radical (unpaired) electrons. The number of halogens is 1. The van der Waals surface area contributed by atoms with E-state index in [1.54, 1.807) is 19.0 Å². The second-order valence-corrected chi connectivity index (χ2v) is 4.82. The van der Waals surface area contributed by atoms with Crippen molar-refractivity contribution < 1.29 is 9.59 Å². The molecule has 0 spiro atoms. The van der Waals surface area contributed by atoms with Crippen molar-refractivity contribution in [2.45, 2.75) is 25.1 Å². The number of nitrogens with one attached hydrogen (secondary N) is 1. The van der Waals surface area contributed by atoms with Gasteiger partial charge in [-0.2, -0.15) is 0 Å². The summed E-state index contributed by atoms with van der Waals surface area (Å²) in [4.78, 5) is 24.1. The van der Waals surface area contributed by atoms with Crippen LogP contribution in [0.4, 0.5) is 0 Å². The van der Waals surface area contributed by atoms with Gasteiger partial charge in [0.1, 0.15) is 0 Å². The molecule has 0 fully saturated rings. The average molecular weight is 279 g/mol. The van der Waals surface area contributed by atoms with E-state index in [0.717, 1.165) is 0 Å². The quantitative estimate of drug-likeness (QED) is 0.763. The summed E-state index contributed by atoms with van der Waals surface area (Å²) in [5.41, 5.74) is 0. The highest BCUT2D eigenvalue weighted by atomic mass is 79.9. The number of nitrogens with zero attached hydrogens (tertiary/aromatic N) is 1. The molecule has 0 aliphatic carbocycles. The van der Waals surface area contributed by atoms with E-state index in [9.17, 15) is 9.59 Å². The first-order chi connectivity index (χ1) is 6.90. The van der Waals surface area contributed by atoms with E-state index in [4.69, 9.17) is 0 Å². The number of carbonyl (C=O) groups is 2. The number of hydrogen-bond acceptors (Lipinski definition) is 2. The topological polar surface area (TPSA) is 49.4 Å². The van der Waals surface area contributed by atoms with Gasteiger partial charge in [-0.05, 0) is 5.92 Å². The molecule has 1 atom stereocenters. The fourth-order valence-electron chi connectivity index (χ4n) is 1.00. The molecule has 0 saturated heterocycles. The van der Waals surface area contributed by atoms with Crippen LogP contribution < -0.4 is 5.32 Å². The fourth-order valence-corrected chi connectivity index (χ4v) is 1.35. The molecule has 0 aromatic carbocycles. The molecule has 0 bridgehead atoms. The highest BCUT2D eigenvalue weighted by molar-refractivity contribution is 9.10. The van der Waals surface area contributed by atoms with Gasteiger partial charge in [0, 0.05) is 27.1 Å². The van der Waals surface area contributed by atoms with E-state index in [1.807, 2.05) is 13.8 Å². The maximum absolute atomic E-state index is 11.7. The van der Waals surface area contributed by atoms with Crippen molar-refractivity contribution in [1.29, 1.82) is 0 Å². The molecule has 15 heavy (non-hydrogen) atoms. The Hall–Kier alpha value is -0.580. The van der Waals surface area contributed by atoms with Crippen LogP contribution in [0.5, 0.6) is 0 Å². The predicted molar refractivity (Wildman–Crippen MR) is 63.9 cm³/mol. The Labute approximate surface area is 99.5 Å². The van der Waals surface area contributed by atoms with Crippen molar-refractivity contribution in [2.75, 3.05) is 20.6 Å². The Morgan fingerprint density at radius 1 is 1.40 bits per heavy atom. The number of amides is 2. The first-order valence-electron chi connectivity index (χ1n) is 4.99. The molecule has 0 heterocycles. The van der Waals surface area contributed by atoms with Gasteiger partial charge in [-0.25, -0.2) is 0 Å². The monoisotopic (exact) mass is 278 g/mol. The minimum absolute atomic E-state index is 0.0221. The van der Waals surface area contributed by atoms with Gasteiger partial charge in [0.15, 0.2) is 0 Å². The Balaban J connectivity index is 4.04. The highest BCUT2D eigenvalue weighted by Crippen LogP contribution is 2.14. The van der Waals surface area contributed by atoms with E-state index in [1.165, 1.54) is 0 Å². The van der Waals surface area contributed by atoms with Crippen molar-refractivity contribution in [3.63, 3.8) is 0 Å². The van der Waals surface area contributed by atoms with Gasteiger partial charge < -0.3 is 10.2 Å². The number of carbonyl (C=O) groups excluding carboxylic acids is 2. The molecule has 0 aliphatic heterocycles. The zero-order valence-electron chi connectivity index (χ0n) is 9.71. The molecule has 5 heteroatoms. The largest absolute Gasteiger partial charge is 0.359 e. The maximum Gasteiger partial charge on any atom is 0.236 e. The molecular weight excluding hydrogens is 260 g/mol. The zero-order valence-corrected chi connectivity index (χ0v) is 11.3. The standard InChI is InChI=1S/C10H19BrN2O2/c1-7(2)9(11)10(15)13(4)6-5-8(14)12-3/h7,9H,5-6H2,1-4H3,(H,12,14). The van der Waals surface area contributed by atoms with Crippen LogP contribution in [0.2, 0.25) is 0 Å². The lowest BCUT2D eigenvalue weighted by atomic mass is 10.1. The van der Waals surface area contributed by atoms with E-state index in [2.05, 4.69) is 21.2 Å². The Bertz CT molecular complexity index is 231. The normalized spacial score (nSPS) is 12.4. The summed E-state index contributed by atoms with van der Waals surface area (Å²) in [5, 5.41) is 2.52. The summed E-state index contributed by atoms with van der Waals surface area (Å²) in [6.07, 6.45) is 0.344. The summed E-state index contributed by atoms with van der Waals surface area (Å²) >= 11 is 3.34. The predicted octanol–water partition coefficient (Wildman–Crippen LogP) is 1.00. The van der Waals surface area contributed by atoms with Crippen LogP contribution in [0.25, 0.3) is 0 Å². The Morgan fingerprint density at radius 3 is 2.33 bits per heavy atom. The van der Waals surface area contributed by atoms with E-state index >= 15 is 0 Å². The van der Waals surface area contributed by atoms with E-state index < -0.39 is 0 Å². The minimum Gasteiger partial charge on any atom is -0.359 e. The van der Waals surface area contributed by atoms with E-state index in [0.29, 0.717) is 13.0 Å². The highest BCUT2D eigenvalue weighted by Gasteiger charge is 2.22. The molecular formula is C10H19BrN2O2. The first-order valence-corrected chi connectivity index (χ1v) is 5.91. The minimum atomic E-state index is -0.174. The SMILES string of the molecule is CNC(=O)CCN(C)C(=O)C(Br)C(C)C. The van der Waals surface area contributed by atoms with Crippen LogP contribution in [0.3, 0.4) is 0 Å². The number of alkyl halides is 1. The van der Waals surface area contributed by atoms with Crippen molar-refractivity contribution >= 4 is 27.7 Å².